The van der Waals surface area contributed by atoms with E-state index in [1.807, 2.05) is 6.07 Å². The molecule has 0 fully saturated rings. The first-order chi connectivity index (χ1) is 6.31. The average Bonchev–Trinajstić information content (AvgIpc) is 2.17. The molecule has 0 aliphatic carbocycles. The van der Waals surface area contributed by atoms with Crippen molar-refractivity contribution in [1.82, 2.24) is 0 Å². The Bertz CT molecular complexity index is 320. The van der Waals surface area contributed by atoms with E-state index in [1.54, 1.807) is 13.2 Å². The van der Waals surface area contributed by atoms with Gasteiger partial charge in [0.2, 0.25) is 0 Å². The van der Waals surface area contributed by atoms with E-state index in [0.29, 0.717) is 5.75 Å². The highest BCUT2D eigenvalue weighted by Gasteiger charge is 2.14. The monoisotopic (exact) mass is 180 g/mol. The number of aromatic hydroxyl groups is 1. The number of ether oxygens (including phenoxy) is 2. The smallest absolute Gasteiger partial charge is 0.161 e. The molecule has 1 heterocycles. The highest BCUT2D eigenvalue weighted by atomic mass is 16.5. The number of rotatable bonds is 1. The summed E-state index contributed by atoms with van der Waals surface area (Å²) in [5.74, 6) is 1.44. The predicted molar refractivity (Wildman–Crippen MR) is 48.5 cm³/mol. The third-order valence-electron chi connectivity index (χ3n) is 2.21. The summed E-state index contributed by atoms with van der Waals surface area (Å²) in [7, 11) is 1.55. The van der Waals surface area contributed by atoms with Crippen molar-refractivity contribution in [2.45, 2.75) is 12.8 Å². The number of fused-ring (bicyclic) bond motifs is 1. The Kier molecular flexibility index (Phi) is 2.00. The average molecular weight is 180 g/mol. The summed E-state index contributed by atoms with van der Waals surface area (Å²) < 4.78 is 10.4. The van der Waals surface area contributed by atoms with Crippen molar-refractivity contribution < 1.29 is 14.6 Å². The van der Waals surface area contributed by atoms with Crippen LogP contribution >= 0.6 is 0 Å². The Balaban J connectivity index is 2.44. The SMILES string of the molecule is COc1cc2c(cc1O)OCCC2. The lowest BCUT2D eigenvalue weighted by molar-refractivity contribution is 0.284. The van der Waals surface area contributed by atoms with Crippen molar-refractivity contribution in [3.63, 3.8) is 0 Å². The highest BCUT2D eigenvalue weighted by Crippen LogP contribution is 2.35. The van der Waals surface area contributed by atoms with Crippen LogP contribution < -0.4 is 9.47 Å². The Labute approximate surface area is 76.9 Å². The van der Waals surface area contributed by atoms with Gasteiger partial charge in [0.25, 0.3) is 0 Å². The second-order valence-corrected chi connectivity index (χ2v) is 3.08. The van der Waals surface area contributed by atoms with E-state index in [1.165, 1.54) is 0 Å². The zero-order chi connectivity index (χ0) is 9.26. The Morgan fingerprint density at radius 2 is 2.31 bits per heavy atom. The Morgan fingerprint density at radius 3 is 3.08 bits per heavy atom. The molecule has 0 unspecified atom stereocenters. The number of phenolic OH excluding ortho intramolecular Hbond substituents is 1. The third-order valence-corrected chi connectivity index (χ3v) is 2.21. The number of methoxy groups -OCH3 is 1. The summed E-state index contributed by atoms with van der Waals surface area (Å²) in [5, 5.41) is 9.46. The van der Waals surface area contributed by atoms with E-state index in [9.17, 15) is 5.11 Å². The minimum absolute atomic E-state index is 0.142. The summed E-state index contributed by atoms with van der Waals surface area (Å²) in [6.07, 6.45) is 2.02. The molecule has 0 bridgehead atoms. The van der Waals surface area contributed by atoms with Crippen molar-refractivity contribution in [2.75, 3.05) is 13.7 Å². The van der Waals surface area contributed by atoms with Gasteiger partial charge in [-0.2, -0.15) is 0 Å². The highest BCUT2D eigenvalue weighted by molar-refractivity contribution is 5.50. The number of benzene rings is 1. The van der Waals surface area contributed by atoms with Gasteiger partial charge in [-0.25, -0.2) is 0 Å². The Morgan fingerprint density at radius 1 is 1.46 bits per heavy atom. The molecule has 0 atom stereocenters. The summed E-state index contributed by atoms with van der Waals surface area (Å²) >= 11 is 0. The molecule has 0 saturated carbocycles. The van der Waals surface area contributed by atoms with E-state index in [0.717, 1.165) is 30.8 Å². The fourth-order valence-corrected chi connectivity index (χ4v) is 1.53. The molecule has 1 N–H and O–H groups in total. The number of hydrogen-bond donors (Lipinski definition) is 1. The topological polar surface area (TPSA) is 38.7 Å². The van der Waals surface area contributed by atoms with Crippen molar-refractivity contribution in [2.24, 2.45) is 0 Å². The number of aryl methyl sites for hydroxylation is 1. The standard InChI is InChI=1S/C10H12O3/c1-12-10-5-7-3-2-4-13-9(7)6-8(10)11/h5-6,11H,2-4H2,1H3. The molecular weight excluding hydrogens is 168 g/mol. The fraction of sp³-hybridized carbons (Fsp3) is 0.400. The van der Waals surface area contributed by atoms with Crippen LogP contribution in [0.1, 0.15) is 12.0 Å². The summed E-state index contributed by atoms with van der Waals surface area (Å²) in [4.78, 5) is 0. The Hall–Kier alpha value is -1.38. The minimum Gasteiger partial charge on any atom is -0.504 e. The van der Waals surface area contributed by atoms with Crippen LogP contribution in [0.15, 0.2) is 12.1 Å². The van der Waals surface area contributed by atoms with Gasteiger partial charge in [0, 0.05) is 6.07 Å². The van der Waals surface area contributed by atoms with E-state index >= 15 is 0 Å². The maximum absolute atomic E-state index is 9.46. The van der Waals surface area contributed by atoms with Crippen LogP contribution in [0.4, 0.5) is 0 Å². The fourth-order valence-electron chi connectivity index (χ4n) is 1.53. The van der Waals surface area contributed by atoms with Gasteiger partial charge < -0.3 is 14.6 Å². The first kappa shape index (κ1) is 8.23. The molecule has 2 rings (SSSR count). The van der Waals surface area contributed by atoms with Crippen LogP contribution in [-0.4, -0.2) is 18.8 Å². The maximum Gasteiger partial charge on any atom is 0.161 e. The van der Waals surface area contributed by atoms with E-state index < -0.39 is 0 Å². The van der Waals surface area contributed by atoms with Crippen LogP contribution in [0.3, 0.4) is 0 Å². The molecule has 0 amide bonds. The second-order valence-electron chi connectivity index (χ2n) is 3.08. The molecule has 1 aliphatic heterocycles. The molecule has 0 radical (unpaired) electrons. The first-order valence-electron chi connectivity index (χ1n) is 4.34. The zero-order valence-corrected chi connectivity index (χ0v) is 7.54. The van der Waals surface area contributed by atoms with Crippen molar-refractivity contribution in [3.05, 3.63) is 17.7 Å². The molecule has 0 spiro atoms. The molecule has 3 heteroatoms. The first-order valence-corrected chi connectivity index (χ1v) is 4.34. The maximum atomic E-state index is 9.46. The van der Waals surface area contributed by atoms with Crippen LogP contribution in [0, 0.1) is 0 Å². The molecule has 1 aromatic rings. The van der Waals surface area contributed by atoms with Gasteiger partial charge in [-0.15, -0.1) is 0 Å². The molecule has 70 valence electrons. The quantitative estimate of drug-likeness (QED) is 0.715. The van der Waals surface area contributed by atoms with Gasteiger partial charge in [0.1, 0.15) is 5.75 Å². The third kappa shape index (κ3) is 1.41. The summed E-state index contributed by atoms with van der Waals surface area (Å²) in [6, 6.07) is 3.46. The molecule has 1 aromatic carbocycles. The van der Waals surface area contributed by atoms with Gasteiger partial charge >= 0.3 is 0 Å². The predicted octanol–water partition coefficient (Wildman–Crippen LogP) is 1.73. The van der Waals surface area contributed by atoms with Crippen LogP contribution in [0.2, 0.25) is 0 Å². The normalized spacial score (nSPS) is 14.5. The number of hydrogen-bond acceptors (Lipinski definition) is 3. The summed E-state index contributed by atoms with van der Waals surface area (Å²) in [5.41, 5.74) is 1.11. The molecule has 0 saturated heterocycles. The van der Waals surface area contributed by atoms with Crippen molar-refractivity contribution in [1.29, 1.82) is 0 Å². The summed E-state index contributed by atoms with van der Waals surface area (Å²) in [6.45, 7) is 0.735. The van der Waals surface area contributed by atoms with Gasteiger partial charge in [-0.3, -0.25) is 0 Å². The lowest BCUT2D eigenvalue weighted by Gasteiger charge is -2.18. The molecule has 3 nitrogen and oxygen atoms in total. The van der Waals surface area contributed by atoms with Crippen molar-refractivity contribution in [3.8, 4) is 17.2 Å². The van der Waals surface area contributed by atoms with E-state index in [2.05, 4.69) is 0 Å². The van der Waals surface area contributed by atoms with Gasteiger partial charge in [0.05, 0.1) is 13.7 Å². The zero-order valence-electron chi connectivity index (χ0n) is 7.54. The van der Waals surface area contributed by atoms with Crippen molar-refractivity contribution >= 4 is 0 Å². The largest absolute Gasteiger partial charge is 0.504 e. The van der Waals surface area contributed by atoms with Gasteiger partial charge in [0.15, 0.2) is 11.5 Å². The number of phenols is 1. The molecule has 0 aromatic heterocycles. The molecule has 13 heavy (non-hydrogen) atoms. The minimum atomic E-state index is 0.142. The van der Waals surface area contributed by atoms with Gasteiger partial charge in [-0.1, -0.05) is 0 Å². The second kappa shape index (κ2) is 3.17. The lowest BCUT2D eigenvalue weighted by atomic mass is 10.1. The van der Waals surface area contributed by atoms with Crippen LogP contribution in [-0.2, 0) is 6.42 Å². The van der Waals surface area contributed by atoms with Crippen LogP contribution in [0.25, 0.3) is 0 Å². The molecule has 1 aliphatic rings. The molecular formula is C10H12O3. The van der Waals surface area contributed by atoms with Crippen LogP contribution in [0.5, 0.6) is 17.2 Å². The van der Waals surface area contributed by atoms with E-state index in [4.69, 9.17) is 9.47 Å². The van der Waals surface area contributed by atoms with E-state index in [-0.39, 0.29) is 5.75 Å². The van der Waals surface area contributed by atoms with Gasteiger partial charge in [-0.05, 0) is 24.5 Å². The lowest BCUT2D eigenvalue weighted by Crippen LogP contribution is -2.08.